The number of carbonyl (C=O) groups is 1. The van der Waals surface area contributed by atoms with Crippen LogP contribution in [0.5, 0.6) is 0 Å². The third-order valence-electron chi connectivity index (χ3n) is 3.01. The van der Waals surface area contributed by atoms with Gasteiger partial charge in [-0.3, -0.25) is 0 Å². The zero-order chi connectivity index (χ0) is 15.4. The maximum Gasteiger partial charge on any atom is 0.319 e. The predicted octanol–water partition coefficient (Wildman–Crippen LogP) is 5.04. The number of urea groups is 1. The van der Waals surface area contributed by atoms with Crippen molar-refractivity contribution < 1.29 is 4.79 Å². The fourth-order valence-electron chi connectivity index (χ4n) is 2.06. The lowest BCUT2D eigenvalue weighted by Crippen LogP contribution is -2.28. The van der Waals surface area contributed by atoms with Crippen LogP contribution in [0.2, 0.25) is 5.02 Å². The van der Waals surface area contributed by atoms with Gasteiger partial charge in [0.25, 0.3) is 0 Å². The van der Waals surface area contributed by atoms with Crippen molar-refractivity contribution in [3.05, 3.63) is 62.6 Å². The molecule has 0 atom stereocenters. The van der Waals surface area contributed by atoms with E-state index in [1.54, 1.807) is 0 Å². The molecule has 0 saturated carbocycles. The van der Waals surface area contributed by atoms with E-state index in [0.717, 1.165) is 21.2 Å². The molecule has 0 aromatic heterocycles. The van der Waals surface area contributed by atoms with Crippen LogP contribution in [0, 0.1) is 13.8 Å². The van der Waals surface area contributed by atoms with Crippen molar-refractivity contribution in [1.29, 1.82) is 0 Å². The average Bonchev–Trinajstić information content (AvgIpc) is 2.40. The first-order chi connectivity index (χ1) is 9.95. The summed E-state index contributed by atoms with van der Waals surface area (Å²) in [5.41, 5.74) is 3.68. The summed E-state index contributed by atoms with van der Waals surface area (Å²) in [6, 6.07) is 11.3. The molecule has 0 fully saturated rings. The molecule has 0 unspecified atom stereocenters. The first-order valence-corrected chi connectivity index (χ1v) is 7.69. The summed E-state index contributed by atoms with van der Waals surface area (Å²) >= 11 is 9.57. The number of halogens is 2. The van der Waals surface area contributed by atoms with Gasteiger partial charge in [-0.15, -0.1) is 0 Å². The van der Waals surface area contributed by atoms with E-state index in [0.29, 0.717) is 17.3 Å². The molecular formula is C16H16BrClN2O. The highest BCUT2D eigenvalue weighted by Crippen LogP contribution is 2.27. The summed E-state index contributed by atoms with van der Waals surface area (Å²) in [5.74, 6) is 0. The molecule has 110 valence electrons. The van der Waals surface area contributed by atoms with Gasteiger partial charge in [-0.2, -0.15) is 0 Å². The van der Waals surface area contributed by atoms with E-state index in [1.165, 1.54) is 0 Å². The molecule has 0 bridgehead atoms. The van der Waals surface area contributed by atoms with Gasteiger partial charge in [0.1, 0.15) is 0 Å². The van der Waals surface area contributed by atoms with Gasteiger partial charge in [0, 0.05) is 11.0 Å². The largest absolute Gasteiger partial charge is 0.334 e. The summed E-state index contributed by atoms with van der Waals surface area (Å²) in [7, 11) is 0. The van der Waals surface area contributed by atoms with Gasteiger partial charge in [-0.1, -0.05) is 45.7 Å². The third kappa shape index (κ3) is 4.48. The molecule has 2 aromatic carbocycles. The molecule has 21 heavy (non-hydrogen) atoms. The summed E-state index contributed by atoms with van der Waals surface area (Å²) < 4.78 is 0.986. The summed E-state index contributed by atoms with van der Waals surface area (Å²) in [6.45, 7) is 4.34. The van der Waals surface area contributed by atoms with E-state index in [1.807, 2.05) is 50.2 Å². The predicted molar refractivity (Wildman–Crippen MR) is 90.9 cm³/mol. The molecule has 0 spiro atoms. The number of amides is 2. The Hall–Kier alpha value is -1.52. The minimum atomic E-state index is -0.274. The molecule has 2 N–H and O–H groups in total. The Morgan fingerprint density at radius 2 is 2.00 bits per heavy atom. The minimum Gasteiger partial charge on any atom is -0.334 e. The van der Waals surface area contributed by atoms with E-state index in [4.69, 9.17) is 11.6 Å². The van der Waals surface area contributed by atoms with Crippen molar-refractivity contribution in [2.24, 2.45) is 0 Å². The second-order valence-corrected chi connectivity index (χ2v) is 6.20. The topological polar surface area (TPSA) is 41.1 Å². The standard InChI is InChI=1S/C16H16BrClN2O/c1-10-6-11(2)15(14(18)7-10)20-16(21)19-9-12-4-3-5-13(17)8-12/h3-8H,9H2,1-2H3,(H2,19,20,21). The Kier molecular flexibility index (Phi) is 5.26. The quantitative estimate of drug-likeness (QED) is 0.784. The number of hydrogen-bond acceptors (Lipinski definition) is 1. The van der Waals surface area contributed by atoms with Gasteiger partial charge in [0.05, 0.1) is 10.7 Å². The molecule has 2 rings (SSSR count). The number of anilines is 1. The van der Waals surface area contributed by atoms with E-state index in [9.17, 15) is 4.79 Å². The highest BCUT2D eigenvalue weighted by molar-refractivity contribution is 9.10. The van der Waals surface area contributed by atoms with Gasteiger partial charge in [0.2, 0.25) is 0 Å². The van der Waals surface area contributed by atoms with Crippen molar-refractivity contribution >= 4 is 39.2 Å². The Balaban J connectivity index is 1.99. The first kappa shape index (κ1) is 15.9. The van der Waals surface area contributed by atoms with Crippen molar-refractivity contribution in [3.63, 3.8) is 0 Å². The van der Waals surface area contributed by atoms with Crippen LogP contribution >= 0.6 is 27.5 Å². The van der Waals surface area contributed by atoms with E-state index < -0.39 is 0 Å². The lowest BCUT2D eigenvalue weighted by atomic mass is 10.1. The number of aryl methyl sites for hydroxylation is 2. The number of hydrogen-bond donors (Lipinski definition) is 2. The van der Waals surface area contributed by atoms with Gasteiger partial charge >= 0.3 is 6.03 Å². The van der Waals surface area contributed by atoms with Gasteiger partial charge in [-0.25, -0.2) is 4.79 Å². The Morgan fingerprint density at radius 1 is 1.24 bits per heavy atom. The van der Waals surface area contributed by atoms with E-state index in [2.05, 4.69) is 26.6 Å². The fraction of sp³-hybridized carbons (Fsp3) is 0.188. The number of rotatable bonds is 3. The number of nitrogens with one attached hydrogen (secondary N) is 2. The molecule has 0 heterocycles. The second kappa shape index (κ2) is 6.96. The molecular weight excluding hydrogens is 352 g/mol. The van der Waals surface area contributed by atoms with E-state index >= 15 is 0 Å². The summed E-state index contributed by atoms with van der Waals surface area (Å²) in [6.07, 6.45) is 0. The molecule has 0 aliphatic heterocycles. The van der Waals surface area contributed by atoms with Crippen LogP contribution in [0.1, 0.15) is 16.7 Å². The van der Waals surface area contributed by atoms with Crippen LogP contribution in [0.4, 0.5) is 10.5 Å². The Morgan fingerprint density at radius 3 is 2.67 bits per heavy atom. The zero-order valence-corrected chi connectivity index (χ0v) is 14.2. The smallest absolute Gasteiger partial charge is 0.319 e. The van der Waals surface area contributed by atoms with Crippen molar-refractivity contribution in [1.82, 2.24) is 5.32 Å². The lowest BCUT2D eigenvalue weighted by Gasteiger charge is -2.12. The van der Waals surface area contributed by atoms with Crippen LogP contribution in [-0.2, 0) is 6.54 Å². The number of benzene rings is 2. The Labute approximate surface area is 137 Å². The summed E-state index contributed by atoms with van der Waals surface area (Å²) in [4.78, 5) is 12.0. The maximum atomic E-state index is 12.0. The average molecular weight is 368 g/mol. The highest BCUT2D eigenvalue weighted by atomic mass is 79.9. The molecule has 5 heteroatoms. The number of carbonyl (C=O) groups excluding carboxylic acids is 1. The van der Waals surface area contributed by atoms with Gasteiger partial charge in [0.15, 0.2) is 0 Å². The normalized spacial score (nSPS) is 10.3. The monoisotopic (exact) mass is 366 g/mol. The summed E-state index contributed by atoms with van der Waals surface area (Å²) in [5, 5.41) is 6.16. The molecule has 0 saturated heterocycles. The molecule has 0 aliphatic carbocycles. The lowest BCUT2D eigenvalue weighted by molar-refractivity contribution is 0.251. The van der Waals surface area contributed by atoms with Crippen molar-refractivity contribution in [2.45, 2.75) is 20.4 Å². The van der Waals surface area contributed by atoms with Crippen LogP contribution in [0.25, 0.3) is 0 Å². The van der Waals surface area contributed by atoms with Crippen LogP contribution < -0.4 is 10.6 Å². The SMILES string of the molecule is Cc1cc(C)c(NC(=O)NCc2cccc(Br)c2)c(Cl)c1. The Bertz CT molecular complexity index is 650. The van der Waals surface area contributed by atoms with Crippen LogP contribution in [-0.4, -0.2) is 6.03 Å². The van der Waals surface area contributed by atoms with Crippen LogP contribution in [0.3, 0.4) is 0 Å². The minimum absolute atomic E-state index is 0.274. The molecule has 2 amide bonds. The fourth-order valence-corrected chi connectivity index (χ4v) is 2.88. The van der Waals surface area contributed by atoms with Gasteiger partial charge < -0.3 is 10.6 Å². The highest BCUT2D eigenvalue weighted by Gasteiger charge is 2.09. The molecule has 0 aliphatic rings. The first-order valence-electron chi connectivity index (χ1n) is 6.52. The van der Waals surface area contributed by atoms with Crippen molar-refractivity contribution in [3.8, 4) is 0 Å². The molecule has 3 nitrogen and oxygen atoms in total. The van der Waals surface area contributed by atoms with Crippen LogP contribution in [0.15, 0.2) is 40.9 Å². The maximum absolute atomic E-state index is 12.0. The molecule has 0 radical (unpaired) electrons. The van der Waals surface area contributed by atoms with Gasteiger partial charge in [-0.05, 0) is 48.7 Å². The zero-order valence-electron chi connectivity index (χ0n) is 11.8. The molecule has 2 aromatic rings. The van der Waals surface area contributed by atoms with Crippen molar-refractivity contribution in [2.75, 3.05) is 5.32 Å². The second-order valence-electron chi connectivity index (χ2n) is 4.88. The third-order valence-corrected chi connectivity index (χ3v) is 3.80. The van der Waals surface area contributed by atoms with E-state index in [-0.39, 0.29) is 6.03 Å².